The first-order valence-electron chi connectivity index (χ1n) is 9.28. The van der Waals surface area contributed by atoms with E-state index in [0.29, 0.717) is 6.42 Å². The lowest BCUT2D eigenvalue weighted by Crippen LogP contribution is -2.35. The summed E-state index contributed by atoms with van der Waals surface area (Å²) in [5.41, 5.74) is 3.02. The Bertz CT molecular complexity index is 1170. The van der Waals surface area contributed by atoms with Crippen LogP contribution in [0.15, 0.2) is 75.4 Å². The van der Waals surface area contributed by atoms with Crippen LogP contribution in [0.1, 0.15) is 24.5 Å². The van der Waals surface area contributed by atoms with Crippen LogP contribution in [0.25, 0.3) is 0 Å². The molecule has 0 atom stereocenters. The molecule has 0 aliphatic rings. The van der Waals surface area contributed by atoms with Gasteiger partial charge in [-0.05, 0) is 36.3 Å². The van der Waals surface area contributed by atoms with Crippen LogP contribution in [0.2, 0.25) is 0 Å². The SMILES string of the molecule is CCC(=NNC(=S)Nc1ccccc1)c1c(O)n(Cc2ccccc2)c(=O)[nH]c1=O. The monoisotopic (exact) mass is 423 g/mol. The largest absolute Gasteiger partial charge is 0.494 e. The second-order valence-corrected chi connectivity index (χ2v) is 6.78. The molecular weight excluding hydrogens is 402 g/mol. The Balaban J connectivity index is 1.89. The summed E-state index contributed by atoms with van der Waals surface area (Å²) in [5, 5.41) is 18.1. The standard InChI is InChI=1S/C21H21N5O3S/c1-2-16(24-25-20(30)22-15-11-7-4-8-12-15)17-18(27)23-21(29)26(19(17)28)13-14-9-5-3-6-10-14/h3-12,28H,2,13H2,1H3,(H2,22,25,30)(H,23,27,29). The van der Waals surface area contributed by atoms with Crippen molar-refractivity contribution >= 4 is 28.7 Å². The van der Waals surface area contributed by atoms with Crippen LogP contribution in [0.4, 0.5) is 5.69 Å². The third kappa shape index (κ3) is 5.00. The number of hydrogen-bond acceptors (Lipinski definition) is 5. The Hall–Kier alpha value is -3.72. The minimum Gasteiger partial charge on any atom is -0.494 e. The third-order valence-corrected chi connectivity index (χ3v) is 4.50. The van der Waals surface area contributed by atoms with Crippen molar-refractivity contribution < 1.29 is 5.11 Å². The molecule has 0 amide bonds. The number of rotatable bonds is 6. The molecule has 0 radical (unpaired) electrons. The third-order valence-electron chi connectivity index (χ3n) is 4.30. The molecule has 1 aromatic heterocycles. The first-order valence-corrected chi connectivity index (χ1v) is 9.69. The number of nitrogens with one attached hydrogen (secondary N) is 3. The van der Waals surface area contributed by atoms with Crippen LogP contribution in [0, 0.1) is 0 Å². The van der Waals surface area contributed by atoms with Crippen LogP contribution in [0.5, 0.6) is 5.88 Å². The Labute approximate surface area is 177 Å². The summed E-state index contributed by atoms with van der Waals surface area (Å²) in [5.74, 6) is -0.447. The number of H-pyrrole nitrogens is 1. The van der Waals surface area contributed by atoms with E-state index in [1.807, 2.05) is 60.7 Å². The molecule has 0 bridgehead atoms. The van der Waals surface area contributed by atoms with E-state index in [1.54, 1.807) is 6.92 Å². The molecule has 0 spiro atoms. The van der Waals surface area contributed by atoms with E-state index in [1.165, 1.54) is 0 Å². The lowest BCUT2D eigenvalue weighted by Gasteiger charge is -2.13. The molecule has 9 heteroatoms. The predicted octanol–water partition coefficient (Wildman–Crippen LogP) is 2.39. The van der Waals surface area contributed by atoms with E-state index in [0.717, 1.165) is 15.8 Å². The van der Waals surface area contributed by atoms with E-state index < -0.39 is 17.1 Å². The molecule has 0 aliphatic carbocycles. The second-order valence-electron chi connectivity index (χ2n) is 6.37. The molecular formula is C21H21N5O3S. The Kier molecular flexibility index (Phi) is 6.76. The van der Waals surface area contributed by atoms with Crippen LogP contribution in [0.3, 0.4) is 0 Å². The number of aromatic hydroxyl groups is 1. The summed E-state index contributed by atoms with van der Waals surface area (Å²) in [6, 6.07) is 18.4. The van der Waals surface area contributed by atoms with Crippen LogP contribution < -0.4 is 22.0 Å². The van der Waals surface area contributed by atoms with Crippen molar-refractivity contribution in [2.45, 2.75) is 19.9 Å². The number of benzene rings is 2. The highest BCUT2D eigenvalue weighted by molar-refractivity contribution is 7.80. The van der Waals surface area contributed by atoms with Gasteiger partial charge < -0.3 is 10.4 Å². The molecule has 8 nitrogen and oxygen atoms in total. The van der Waals surface area contributed by atoms with Gasteiger partial charge in [0.2, 0.25) is 5.88 Å². The van der Waals surface area contributed by atoms with Gasteiger partial charge in [0, 0.05) is 5.69 Å². The number of thiocarbonyl (C=S) groups is 1. The van der Waals surface area contributed by atoms with E-state index >= 15 is 0 Å². The summed E-state index contributed by atoms with van der Waals surface area (Å²) < 4.78 is 1.10. The summed E-state index contributed by atoms with van der Waals surface area (Å²) in [6.45, 7) is 1.88. The van der Waals surface area contributed by atoms with Crippen molar-refractivity contribution in [3.05, 3.63) is 92.6 Å². The first-order chi connectivity index (χ1) is 14.5. The fourth-order valence-electron chi connectivity index (χ4n) is 2.84. The minimum atomic E-state index is -0.717. The molecule has 0 saturated carbocycles. The normalized spacial score (nSPS) is 11.2. The zero-order valence-electron chi connectivity index (χ0n) is 16.3. The highest BCUT2D eigenvalue weighted by Crippen LogP contribution is 2.15. The maximum atomic E-state index is 12.4. The van der Waals surface area contributed by atoms with Crippen LogP contribution >= 0.6 is 12.2 Å². The molecule has 1 heterocycles. The van der Waals surface area contributed by atoms with Gasteiger partial charge >= 0.3 is 5.69 Å². The van der Waals surface area contributed by atoms with E-state index in [4.69, 9.17) is 12.2 Å². The molecule has 4 N–H and O–H groups in total. The van der Waals surface area contributed by atoms with Crippen molar-refractivity contribution in [2.24, 2.45) is 5.10 Å². The number of nitrogens with zero attached hydrogens (tertiary/aromatic N) is 2. The van der Waals surface area contributed by atoms with Gasteiger partial charge in [0.1, 0.15) is 5.56 Å². The lowest BCUT2D eigenvalue weighted by molar-refractivity contribution is 0.407. The molecule has 154 valence electrons. The molecule has 3 aromatic rings. The van der Waals surface area contributed by atoms with Gasteiger partial charge in [-0.25, -0.2) is 4.79 Å². The molecule has 3 rings (SSSR count). The fraction of sp³-hybridized carbons (Fsp3) is 0.143. The molecule has 2 aromatic carbocycles. The maximum Gasteiger partial charge on any atom is 0.331 e. The fourth-order valence-corrected chi connectivity index (χ4v) is 3.01. The average molecular weight is 423 g/mol. The number of hydrazone groups is 1. The van der Waals surface area contributed by atoms with Gasteiger partial charge in [-0.15, -0.1) is 0 Å². The second kappa shape index (κ2) is 9.66. The minimum absolute atomic E-state index is 0.0805. The maximum absolute atomic E-state index is 12.4. The van der Waals surface area contributed by atoms with Crippen LogP contribution in [-0.2, 0) is 6.54 Å². The van der Waals surface area contributed by atoms with E-state index in [9.17, 15) is 14.7 Å². The summed E-state index contributed by atoms with van der Waals surface area (Å²) in [7, 11) is 0. The first kappa shape index (κ1) is 21.0. The summed E-state index contributed by atoms with van der Waals surface area (Å²) in [6.07, 6.45) is 0.321. The van der Waals surface area contributed by atoms with Gasteiger partial charge in [-0.3, -0.25) is 19.8 Å². The zero-order chi connectivity index (χ0) is 21.5. The quantitative estimate of drug-likeness (QED) is 0.275. The molecule has 0 fully saturated rings. The number of anilines is 1. The molecule has 0 saturated heterocycles. The number of aromatic nitrogens is 2. The molecule has 0 aliphatic heterocycles. The van der Waals surface area contributed by atoms with Gasteiger partial charge in [-0.1, -0.05) is 55.5 Å². The predicted molar refractivity (Wildman–Crippen MR) is 121 cm³/mol. The zero-order valence-corrected chi connectivity index (χ0v) is 17.1. The van der Waals surface area contributed by atoms with Crippen molar-refractivity contribution in [2.75, 3.05) is 5.32 Å². The number of aromatic amines is 1. The van der Waals surface area contributed by atoms with Crippen molar-refractivity contribution in [3.8, 4) is 5.88 Å². The van der Waals surface area contributed by atoms with Crippen molar-refractivity contribution in [1.82, 2.24) is 15.0 Å². The van der Waals surface area contributed by atoms with Crippen LogP contribution in [-0.4, -0.2) is 25.5 Å². The molecule has 0 unspecified atom stereocenters. The van der Waals surface area contributed by atoms with Crippen molar-refractivity contribution in [1.29, 1.82) is 0 Å². The topological polar surface area (TPSA) is 112 Å². The summed E-state index contributed by atoms with van der Waals surface area (Å²) >= 11 is 5.22. The summed E-state index contributed by atoms with van der Waals surface area (Å²) in [4.78, 5) is 26.9. The Morgan fingerprint density at radius 1 is 1.10 bits per heavy atom. The highest BCUT2D eigenvalue weighted by atomic mass is 32.1. The van der Waals surface area contributed by atoms with Crippen molar-refractivity contribution in [3.63, 3.8) is 0 Å². The van der Waals surface area contributed by atoms with Gasteiger partial charge in [0.25, 0.3) is 5.56 Å². The molecule has 30 heavy (non-hydrogen) atoms. The van der Waals surface area contributed by atoms with E-state index in [-0.39, 0.29) is 22.9 Å². The Morgan fingerprint density at radius 3 is 2.37 bits per heavy atom. The average Bonchev–Trinajstić information content (AvgIpc) is 2.74. The number of hydrogen-bond donors (Lipinski definition) is 4. The number of para-hydroxylation sites is 1. The van der Waals surface area contributed by atoms with E-state index in [2.05, 4.69) is 20.8 Å². The lowest BCUT2D eigenvalue weighted by atomic mass is 10.1. The smallest absolute Gasteiger partial charge is 0.331 e. The van der Waals surface area contributed by atoms with Gasteiger partial charge in [0.15, 0.2) is 5.11 Å². The van der Waals surface area contributed by atoms with Gasteiger partial charge in [-0.2, -0.15) is 5.10 Å². The Morgan fingerprint density at radius 2 is 1.73 bits per heavy atom. The highest BCUT2D eigenvalue weighted by Gasteiger charge is 2.19. The van der Waals surface area contributed by atoms with Gasteiger partial charge in [0.05, 0.1) is 12.3 Å².